The molecule has 0 aromatic heterocycles. The Kier molecular flexibility index (Phi) is 10.8. The van der Waals surface area contributed by atoms with E-state index in [4.69, 9.17) is 9.64 Å². The van der Waals surface area contributed by atoms with Crippen molar-refractivity contribution >= 4 is 80.8 Å². The summed E-state index contributed by atoms with van der Waals surface area (Å²) in [5, 5.41) is 2.12. The van der Waals surface area contributed by atoms with Crippen LogP contribution in [0, 0.1) is 0 Å². The van der Waals surface area contributed by atoms with Gasteiger partial charge in [-0.15, -0.1) is 0 Å². The van der Waals surface area contributed by atoms with Crippen LogP contribution in [-0.2, 0) is 11.1 Å². The van der Waals surface area contributed by atoms with Crippen LogP contribution < -0.4 is 24.7 Å². The molecule has 0 bridgehead atoms. The summed E-state index contributed by atoms with van der Waals surface area (Å²) in [5.74, 6) is 0. The van der Waals surface area contributed by atoms with Crippen LogP contribution in [0.5, 0.6) is 0 Å². The number of rotatable bonds is 8. The third-order valence-electron chi connectivity index (χ3n) is 11.2. The number of hydrogen-bond donors (Lipinski definition) is 0. The van der Waals surface area contributed by atoms with Crippen LogP contribution in [0.3, 0.4) is 0 Å². The minimum atomic E-state index is -5.21. The van der Waals surface area contributed by atoms with Crippen molar-refractivity contribution in [3.05, 3.63) is 254 Å². The first-order valence-electron chi connectivity index (χ1n) is 19.0. The van der Waals surface area contributed by atoms with Crippen LogP contribution in [0.15, 0.2) is 243 Å². The summed E-state index contributed by atoms with van der Waals surface area (Å²) in [6.45, 7) is 0. The van der Waals surface area contributed by atoms with E-state index in [1.165, 1.54) is 25.4 Å². The predicted molar refractivity (Wildman–Crippen MR) is 236 cm³/mol. The summed E-state index contributed by atoms with van der Waals surface area (Å²) in [6.07, 6.45) is 0. The van der Waals surface area contributed by atoms with Crippen molar-refractivity contribution in [3.63, 3.8) is 0 Å². The molecule has 2 radical (unpaired) electrons. The summed E-state index contributed by atoms with van der Waals surface area (Å²) in [6, 6.07) is 88.6. The maximum atomic E-state index is 8.94. The van der Waals surface area contributed by atoms with Crippen LogP contribution in [0.1, 0.15) is 11.1 Å². The van der Waals surface area contributed by atoms with Gasteiger partial charge in [0.2, 0.25) is 0 Å². The van der Waals surface area contributed by atoms with Crippen molar-refractivity contribution in [2.24, 2.45) is 0 Å². The summed E-state index contributed by atoms with van der Waals surface area (Å²) < 4.78 is 28.9. The Morgan fingerprint density at radius 3 is 0.964 bits per heavy atom. The van der Waals surface area contributed by atoms with Gasteiger partial charge in [0.25, 0.3) is 0 Å². The molecule has 8 aromatic carbocycles. The Hall–Kier alpha value is -4.33. The fourth-order valence-corrected chi connectivity index (χ4v) is 78.2. The van der Waals surface area contributed by atoms with Crippen molar-refractivity contribution in [1.82, 2.24) is 0 Å². The van der Waals surface area contributed by atoms with Gasteiger partial charge in [-0.25, -0.2) is 0 Å². The van der Waals surface area contributed by atoms with Gasteiger partial charge in [0, 0.05) is 0 Å². The van der Waals surface area contributed by atoms with Crippen LogP contribution in [0.25, 0.3) is 0 Å². The Balaban J connectivity index is 1.59. The molecule has 0 spiro atoms. The van der Waals surface area contributed by atoms with Gasteiger partial charge < -0.3 is 0 Å². The predicted octanol–water partition coefficient (Wildman–Crippen LogP) is 6.43. The summed E-state index contributed by atoms with van der Waals surface area (Å²) in [5.41, 5.74) is 2.43. The average Bonchev–Trinajstić information content (AvgIpc) is 3.29. The number of benzene rings is 8. The fourth-order valence-electron chi connectivity index (χ4n) is 8.98. The van der Waals surface area contributed by atoms with Crippen molar-refractivity contribution in [2.75, 3.05) is 0 Å². The van der Waals surface area contributed by atoms with Crippen molar-refractivity contribution in [3.8, 4) is 0 Å². The van der Waals surface area contributed by atoms with Gasteiger partial charge >= 0.3 is 346 Å². The monoisotopic (exact) mass is 972 g/mol. The molecule has 1 saturated heterocycles. The van der Waals surface area contributed by atoms with E-state index < -0.39 is 47.6 Å². The van der Waals surface area contributed by atoms with Gasteiger partial charge in [-0.3, -0.25) is 0 Å². The number of hydrogen-bond acceptors (Lipinski definition) is 3. The molecule has 3 nitrogen and oxygen atoms in total. The van der Waals surface area contributed by atoms with Crippen molar-refractivity contribution in [1.29, 1.82) is 0 Å². The molecule has 7 heteroatoms. The van der Waals surface area contributed by atoms with Gasteiger partial charge in [-0.1, -0.05) is 0 Å². The molecule has 1 heterocycles. The first-order valence-corrected chi connectivity index (χ1v) is 32.5. The Labute approximate surface area is 342 Å². The van der Waals surface area contributed by atoms with E-state index >= 15 is 0 Å². The summed E-state index contributed by atoms with van der Waals surface area (Å²) in [4.78, 5) is 0. The minimum absolute atomic E-state index is 0.293. The molecule has 56 heavy (non-hydrogen) atoms. The van der Waals surface area contributed by atoms with Crippen LogP contribution in [0.4, 0.5) is 0 Å². The van der Waals surface area contributed by atoms with Crippen molar-refractivity contribution in [2.45, 2.75) is 1.45 Å². The zero-order chi connectivity index (χ0) is 37.7. The molecule has 0 amide bonds. The third kappa shape index (κ3) is 6.03. The standard InChI is InChI=1S/C13H10.C12H10O3Si2.4C6H5.2Sn/c1-3-7-12(8-4-1)11-13-9-5-2-6-10-13;13-16-15-17(14,11-7-3-1-4-8-11)12-9-5-2-6-10-12;4*1-2-4-6-5-3-1;;/h1-10H;1-10H;4*1-5H;;/q;-2;;;;;2*+1. The van der Waals surface area contributed by atoms with E-state index in [9.17, 15) is 0 Å². The SMILES string of the molecule is c1ccc([C]2(c3ccccc3)[Sn]([c]3ccccc3)([c]3ccccc3)[O][Si]O[Si](c3ccccc3)(c3ccccc3)[O][Sn]2([c]2ccccc2)[c]2ccccc2)cc1. The Bertz CT molecular complexity index is 2310. The Morgan fingerprint density at radius 2 is 0.625 bits per heavy atom. The van der Waals surface area contributed by atoms with E-state index in [-0.39, 0.29) is 10.0 Å². The van der Waals surface area contributed by atoms with Crippen molar-refractivity contribution < 1.29 is 9.64 Å². The molecule has 270 valence electrons. The second kappa shape index (κ2) is 16.3. The molecule has 1 aliphatic heterocycles. The molecule has 0 saturated carbocycles. The topological polar surface area (TPSA) is 27.7 Å². The molecule has 1 fully saturated rings. The van der Waals surface area contributed by atoms with E-state index in [0.29, 0.717) is 0 Å². The first kappa shape index (κ1) is 37.3. The van der Waals surface area contributed by atoms with Crippen LogP contribution in [-0.4, -0.2) is 56.1 Å². The Morgan fingerprint density at radius 1 is 0.339 bits per heavy atom. The second-order valence-electron chi connectivity index (χ2n) is 14.0. The van der Waals surface area contributed by atoms with Crippen LogP contribution >= 0.6 is 0 Å². The molecule has 9 rings (SSSR count). The fraction of sp³-hybridized carbons (Fsp3) is 0.0204. The molecular weight excluding hydrogens is 930 g/mol. The van der Waals surface area contributed by atoms with E-state index in [0.717, 1.165) is 10.4 Å². The summed E-state index contributed by atoms with van der Waals surface area (Å²) >= 11 is -10.2. The van der Waals surface area contributed by atoms with Gasteiger partial charge in [0.1, 0.15) is 0 Å². The molecule has 0 aliphatic carbocycles. The van der Waals surface area contributed by atoms with E-state index in [2.05, 4.69) is 243 Å². The normalized spacial score (nSPS) is 16.9. The average molecular weight is 970 g/mol. The molecule has 8 aromatic rings. The van der Waals surface area contributed by atoms with Gasteiger partial charge in [-0.05, 0) is 0 Å². The quantitative estimate of drug-likeness (QED) is 0.165. The zero-order valence-electron chi connectivity index (χ0n) is 30.8. The van der Waals surface area contributed by atoms with Crippen LogP contribution in [0.2, 0.25) is 0 Å². The maximum absolute atomic E-state index is 8.94. The molecule has 0 atom stereocenters. The molecular formula is C49H40O3Si2Sn2. The second-order valence-corrected chi connectivity index (χ2v) is 44.0. The van der Waals surface area contributed by atoms with E-state index in [1.807, 2.05) is 0 Å². The summed E-state index contributed by atoms with van der Waals surface area (Å²) in [7, 11) is -3.92. The zero-order valence-corrected chi connectivity index (χ0v) is 38.5. The molecule has 1 aliphatic rings. The third-order valence-corrected chi connectivity index (χ3v) is 60.1. The molecule has 0 N–H and O–H groups in total. The first-order chi connectivity index (χ1) is 27.8. The van der Waals surface area contributed by atoms with Gasteiger partial charge in [0.15, 0.2) is 0 Å². The van der Waals surface area contributed by atoms with E-state index in [1.54, 1.807) is 0 Å². The van der Waals surface area contributed by atoms with Gasteiger partial charge in [0.05, 0.1) is 0 Å². The van der Waals surface area contributed by atoms with Gasteiger partial charge in [-0.2, -0.15) is 0 Å². The molecule has 0 unspecified atom stereocenters.